The van der Waals surface area contributed by atoms with Gasteiger partial charge in [0, 0.05) is 23.8 Å². The van der Waals surface area contributed by atoms with Crippen LogP contribution in [0, 0.1) is 18.3 Å². The van der Waals surface area contributed by atoms with Gasteiger partial charge >= 0.3 is 6.03 Å². The number of urea groups is 1. The Balaban J connectivity index is 1.33. The van der Waals surface area contributed by atoms with Crippen molar-refractivity contribution in [2.75, 3.05) is 30.3 Å². The molecule has 9 heteroatoms. The second-order valence-corrected chi connectivity index (χ2v) is 9.33. The number of nitriles is 1. The summed E-state index contributed by atoms with van der Waals surface area (Å²) in [7, 11) is 0. The molecule has 3 heterocycles. The van der Waals surface area contributed by atoms with Crippen molar-refractivity contribution in [2.45, 2.75) is 32.7 Å². The van der Waals surface area contributed by atoms with E-state index in [-0.39, 0.29) is 6.03 Å². The molecule has 0 unspecified atom stereocenters. The number of benzene rings is 2. The average Bonchev–Trinajstić information content (AvgIpc) is 3.53. The number of likely N-dealkylation sites (N-methyl/N-ethyl adjacent to an activating group) is 1. The Morgan fingerprint density at radius 3 is 2.66 bits per heavy atom. The van der Waals surface area contributed by atoms with Gasteiger partial charge in [-0.15, -0.1) is 0 Å². The lowest BCUT2D eigenvalue weighted by molar-refractivity contribution is 0.238. The minimum atomic E-state index is -0.254. The van der Waals surface area contributed by atoms with Crippen molar-refractivity contribution in [3.05, 3.63) is 78.1 Å². The highest BCUT2D eigenvalue weighted by atomic mass is 16.5. The molecule has 0 bridgehead atoms. The van der Waals surface area contributed by atoms with Crippen LogP contribution in [0.2, 0.25) is 0 Å². The Kier molecular flexibility index (Phi) is 7.43. The summed E-state index contributed by atoms with van der Waals surface area (Å²) in [6, 6.07) is 19.4. The number of aromatic nitrogens is 2. The number of rotatable bonds is 8. The van der Waals surface area contributed by atoms with Gasteiger partial charge in [0.2, 0.25) is 0 Å². The summed E-state index contributed by atoms with van der Waals surface area (Å²) >= 11 is 0. The SMILES string of the molecule is CCN1CCC[C@H]1CNC(=O)Nc1cn2ncc(C#N)c(Nc3ccc(Oc4ccccc4)cc3)c2c1C. The normalized spacial score (nSPS) is 15.2. The number of ether oxygens (including phenoxy) is 1. The summed E-state index contributed by atoms with van der Waals surface area (Å²) in [6.07, 6.45) is 5.54. The highest BCUT2D eigenvalue weighted by Gasteiger charge is 2.23. The minimum absolute atomic E-state index is 0.254. The van der Waals surface area contributed by atoms with E-state index in [1.807, 2.05) is 61.5 Å². The number of fused-ring (bicyclic) bond motifs is 1. The van der Waals surface area contributed by atoms with Crippen LogP contribution < -0.4 is 20.7 Å². The first kappa shape index (κ1) is 25.1. The first-order valence-electron chi connectivity index (χ1n) is 12.9. The van der Waals surface area contributed by atoms with E-state index in [2.05, 4.69) is 38.9 Å². The van der Waals surface area contributed by atoms with Crippen molar-refractivity contribution in [1.29, 1.82) is 5.26 Å². The van der Waals surface area contributed by atoms with Gasteiger partial charge in [-0.2, -0.15) is 10.4 Å². The van der Waals surface area contributed by atoms with Crippen LogP contribution in [-0.4, -0.2) is 46.2 Å². The molecule has 194 valence electrons. The summed E-state index contributed by atoms with van der Waals surface area (Å²) in [4.78, 5) is 15.1. The molecule has 9 nitrogen and oxygen atoms in total. The van der Waals surface area contributed by atoms with E-state index >= 15 is 0 Å². The number of likely N-dealkylation sites (tertiary alicyclic amines) is 1. The lowest BCUT2D eigenvalue weighted by Crippen LogP contribution is -2.41. The highest BCUT2D eigenvalue weighted by Crippen LogP contribution is 2.33. The van der Waals surface area contributed by atoms with E-state index < -0.39 is 0 Å². The lowest BCUT2D eigenvalue weighted by atomic mass is 10.1. The van der Waals surface area contributed by atoms with Crippen molar-refractivity contribution in [1.82, 2.24) is 19.8 Å². The summed E-state index contributed by atoms with van der Waals surface area (Å²) in [5.74, 6) is 1.47. The van der Waals surface area contributed by atoms with Gasteiger partial charge in [0.25, 0.3) is 0 Å². The Morgan fingerprint density at radius 2 is 1.92 bits per heavy atom. The molecule has 1 fully saturated rings. The zero-order valence-electron chi connectivity index (χ0n) is 21.6. The first-order chi connectivity index (χ1) is 18.6. The minimum Gasteiger partial charge on any atom is -0.457 e. The van der Waals surface area contributed by atoms with Crippen molar-refractivity contribution in [3.8, 4) is 17.6 Å². The molecule has 0 aliphatic carbocycles. The monoisotopic (exact) mass is 509 g/mol. The van der Waals surface area contributed by atoms with Crippen LogP contribution in [0.4, 0.5) is 21.9 Å². The van der Waals surface area contributed by atoms with Crippen LogP contribution in [0.25, 0.3) is 5.52 Å². The number of amides is 2. The quantitative estimate of drug-likeness (QED) is 0.283. The number of carbonyl (C=O) groups excluding carboxylic acids is 1. The lowest BCUT2D eigenvalue weighted by Gasteiger charge is -2.22. The van der Waals surface area contributed by atoms with Gasteiger partial charge in [0.1, 0.15) is 17.6 Å². The first-order valence-corrected chi connectivity index (χ1v) is 12.9. The van der Waals surface area contributed by atoms with Gasteiger partial charge in [-0.25, -0.2) is 9.31 Å². The number of nitrogens with zero attached hydrogens (tertiary/aromatic N) is 4. The standard InChI is InChI=1S/C29H31N7O2/c1-3-35-15-7-8-23(35)18-31-29(37)34-26-19-36-28(20(26)2)27(21(16-30)17-32-36)33-22-11-13-25(14-12-22)38-24-9-5-4-6-10-24/h4-6,9-14,17,19,23,33H,3,7-8,15,18H2,1-2H3,(H2,31,34,37)/t23-/m0/s1. The third-order valence-electron chi connectivity index (χ3n) is 6.93. The van der Waals surface area contributed by atoms with Gasteiger partial charge in [-0.1, -0.05) is 25.1 Å². The maximum absolute atomic E-state index is 12.7. The summed E-state index contributed by atoms with van der Waals surface area (Å²) in [5, 5.41) is 23.5. The fourth-order valence-electron chi connectivity index (χ4n) is 4.92. The molecule has 2 amide bonds. The summed E-state index contributed by atoms with van der Waals surface area (Å²) in [5.41, 5.74) is 3.98. The third-order valence-corrected chi connectivity index (χ3v) is 6.93. The van der Waals surface area contributed by atoms with Crippen LogP contribution in [0.5, 0.6) is 11.5 Å². The van der Waals surface area contributed by atoms with E-state index in [1.54, 1.807) is 10.7 Å². The van der Waals surface area contributed by atoms with E-state index in [1.165, 1.54) is 6.20 Å². The van der Waals surface area contributed by atoms with Crippen LogP contribution in [-0.2, 0) is 0 Å². The topological polar surface area (TPSA) is 107 Å². The Bertz CT molecular complexity index is 1460. The molecule has 1 aliphatic rings. The second-order valence-electron chi connectivity index (χ2n) is 9.33. The van der Waals surface area contributed by atoms with Crippen LogP contribution in [0.3, 0.4) is 0 Å². The number of para-hydroxylation sites is 1. The number of anilines is 3. The molecule has 1 saturated heterocycles. The Labute approximate surface area is 222 Å². The molecule has 5 rings (SSSR count). The molecular weight excluding hydrogens is 478 g/mol. The largest absolute Gasteiger partial charge is 0.457 e. The average molecular weight is 510 g/mol. The molecule has 4 aromatic rings. The maximum atomic E-state index is 12.7. The Morgan fingerprint density at radius 1 is 1.16 bits per heavy atom. The Hall–Kier alpha value is -4.55. The molecule has 0 spiro atoms. The van der Waals surface area contributed by atoms with Crippen molar-refractivity contribution in [2.24, 2.45) is 0 Å². The zero-order valence-corrected chi connectivity index (χ0v) is 21.6. The van der Waals surface area contributed by atoms with Crippen molar-refractivity contribution >= 4 is 28.6 Å². The number of hydrogen-bond donors (Lipinski definition) is 3. The fraction of sp³-hybridized carbons (Fsp3) is 0.276. The molecule has 2 aromatic heterocycles. The second kappa shape index (κ2) is 11.2. The van der Waals surface area contributed by atoms with Gasteiger partial charge in [-0.3, -0.25) is 4.90 Å². The predicted molar refractivity (Wildman–Crippen MR) is 148 cm³/mol. The molecule has 1 atom stereocenters. The number of hydrogen-bond acceptors (Lipinski definition) is 6. The van der Waals surface area contributed by atoms with Gasteiger partial charge < -0.3 is 20.7 Å². The predicted octanol–water partition coefficient (Wildman–Crippen LogP) is 5.66. The van der Waals surface area contributed by atoms with Crippen LogP contribution in [0.1, 0.15) is 30.9 Å². The molecule has 1 aliphatic heterocycles. The molecule has 3 N–H and O–H groups in total. The number of aryl methyl sites for hydroxylation is 1. The van der Waals surface area contributed by atoms with E-state index in [9.17, 15) is 10.1 Å². The van der Waals surface area contributed by atoms with E-state index in [0.29, 0.717) is 35.3 Å². The number of carbonyl (C=O) groups is 1. The highest BCUT2D eigenvalue weighted by molar-refractivity contribution is 5.94. The summed E-state index contributed by atoms with van der Waals surface area (Å²) < 4.78 is 7.56. The molecule has 2 aromatic carbocycles. The number of nitrogens with one attached hydrogen (secondary N) is 3. The van der Waals surface area contributed by atoms with Gasteiger partial charge in [0.15, 0.2) is 0 Å². The summed E-state index contributed by atoms with van der Waals surface area (Å²) in [6.45, 7) is 6.74. The van der Waals surface area contributed by atoms with Crippen molar-refractivity contribution < 1.29 is 9.53 Å². The van der Waals surface area contributed by atoms with Gasteiger partial charge in [-0.05, 0) is 69.3 Å². The van der Waals surface area contributed by atoms with Crippen molar-refractivity contribution in [3.63, 3.8) is 0 Å². The third kappa shape index (κ3) is 5.41. The molecule has 38 heavy (non-hydrogen) atoms. The van der Waals surface area contributed by atoms with E-state index in [0.717, 1.165) is 48.4 Å². The van der Waals surface area contributed by atoms with Gasteiger partial charge in [0.05, 0.1) is 34.8 Å². The zero-order chi connectivity index (χ0) is 26.5. The molecule has 0 saturated carbocycles. The smallest absolute Gasteiger partial charge is 0.319 e. The molecular formula is C29H31N7O2. The van der Waals surface area contributed by atoms with E-state index in [4.69, 9.17) is 4.74 Å². The maximum Gasteiger partial charge on any atom is 0.319 e. The van der Waals surface area contributed by atoms with Crippen LogP contribution in [0.15, 0.2) is 67.0 Å². The van der Waals surface area contributed by atoms with Crippen LogP contribution >= 0.6 is 0 Å². The molecule has 0 radical (unpaired) electrons. The fourth-order valence-corrected chi connectivity index (χ4v) is 4.92.